The van der Waals surface area contributed by atoms with Crippen LogP contribution in [0.4, 0.5) is 5.69 Å². The molecular formula is C16H18N2O4. The highest BCUT2D eigenvalue weighted by Crippen LogP contribution is 2.16. The van der Waals surface area contributed by atoms with E-state index < -0.39 is 5.91 Å². The van der Waals surface area contributed by atoms with Crippen LogP contribution in [0.15, 0.2) is 47.1 Å². The standard InChI is InChI=1S/C16H18N2O4/c19-10-4-3-9-17-15(20)12-6-1-2-7-13(12)18-16(21)14-8-5-11-22-14/h1-2,5-8,11,19H,3-4,9-10H2,(H,17,20)(H,18,21). The van der Waals surface area contributed by atoms with Crippen LogP contribution in [0, 0.1) is 0 Å². The number of benzene rings is 1. The molecule has 116 valence electrons. The molecule has 1 aromatic carbocycles. The zero-order valence-electron chi connectivity index (χ0n) is 12.0. The number of anilines is 1. The Morgan fingerprint density at radius 2 is 1.86 bits per heavy atom. The lowest BCUT2D eigenvalue weighted by atomic mass is 10.1. The van der Waals surface area contributed by atoms with Crippen molar-refractivity contribution in [1.29, 1.82) is 0 Å². The number of aliphatic hydroxyl groups excluding tert-OH is 1. The maximum atomic E-state index is 12.1. The van der Waals surface area contributed by atoms with E-state index in [9.17, 15) is 9.59 Å². The van der Waals surface area contributed by atoms with Crippen molar-refractivity contribution in [3.63, 3.8) is 0 Å². The van der Waals surface area contributed by atoms with Crippen molar-refractivity contribution in [3.8, 4) is 0 Å². The number of unbranched alkanes of at least 4 members (excludes halogenated alkanes) is 1. The number of hydrogen-bond donors (Lipinski definition) is 3. The van der Waals surface area contributed by atoms with E-state index in [1.165, 1.54) is 6.26 Å². The molecule has 1 aromatic heterocycles. The van der Waals surface area contributed by atoms with Gasteiger partial charge >= 0.3 is 0 Å². The van der Waals surface area contributed by atoms with Gasteiger partial charge in [0.15, 0.2) is 5.76 Å². The topological polar surface area (TPSA) is 91.6 Å². The van der Waals surface area contributed by atoms with Crippen molar-refractivity contribution in [1.82, 2.24) is 5.32 Å². The summed E-state index contributed by atoms with van der Waals surface area (Å²) in [5, 5.41) is 14.1. The molecule has 22 heavy (non-hydrogen) atoms. The molecule has 6 heteroatoms. The fourth-order valence-electron chi connectivity index (χ4n) is 1.92. The van der Waals surface area contributed by atoms with E-state index in [1.54, 1.807) is 36.4 Å². The van der Waals surface area contributed by atoms with E-state index in [-0.39, 0.29) is 18.3 Å². The van der Waals surface area contributed by atoms with Gasteiger partial charge in [0.2, 0.25) is 0 Å². The highest BCUT2D eigenvalue weighted by atomic mass is 16.3. The minimum absolute atomic E-state index is 0.103. The summed E-state index contributed by atoms with van der Waals surface area (Å²) in [5.41, 5.74) is 0.801. The van der Waals surface area contributed by atoms with Crippen LogP contribution in [0.5, 0.6) is 0 Å². The average Bonchev–Trinajstić information content (AvgIpc) is 3.06. The molecule has 1 heterocycles. The van der Waals surface area contributed by atoms with Gasteiger partial charge in [-0.2, -0.15) is 0 Å². The summed E-state index contributed by atoms with van der Waals surface area (Å²) in [6, 6.07) is 9.93. The van der Waals surface area contributed by atoms with Gasteiger partial charge in [0.1, 0.15) is 0 Å². The molecule has 0 aliphatic rings. The molecule has 0 bridgehead atoms. The van der Waals surface area contributed by atoms with Crippen LogP contribution in [0.2, 0.25) is 0 Å². The lowest BCUT2D eigenvalue weighted by Crippen LogP contribution is -2.26. The molecule has 3 N–H and O–H groups in total. The molecular weight excluding hydrogens is 284 g/mol. The number of hydrogen-bond acceptors (Lipinski definition) is 4. The maximum Gasteiger partial charge on any atom is 0.291 e. The zero-order valence-corrected chi connectivity index (χ0v) is 12.0. The molecule has 6 nitrogen and oxygen atoms in total. The van der Waals surface area contributed by atoms with Crippen LogP contribution in [-0.2, 0) is 0 Å². The van der Waals surface area contributed by atoms with Crippen molar-refractivity contribution >= 4 is 17.5 Å². The summed E-state index contributed by atoms with van der Waals surface area (Å²) in [6.45, 7) is 0.575. The number of carbonyl (C=O) groups is 2. The third-order valence-electron chi connectivity index (χ3n) is 3.04. The van der Waals surface area contributed by atoms with Crippen LogP contribution in [0.3, 0.4) is 0 Å². The van der Waals surface area contributed by atoms with Gasteiger partial charge in [-0.3, -0.25) is 9.59 Å². The Morgan fingerprint density at radius 1 is 1.05 bits per heavy atom. The largest absolute Gasteiger partial charge is 0.459 e. The first-order valence-electron chi connectivity index (χ1n) is 7.05. The highest BCUT2D eigenvalue weighted by molar-refractivity contribution is 6.07. The molecule has 2 amide bonds. The highest BCUT2D eigenvalue weighted by Gasteiger charge is 2.14. The quantitative estimate of drug-likeness (QED) is 0.682. The van der Waals surface area contributed by atoms with Gasteiger partial charge in [-0.25, -0.2) is 0 Å². The Kier molecular flexibility index (Phi) is 5.73. The van der Waals surface area contributed by atoms with Crippen molar-refractivity contribution in [2.24, 2.45) is 0 Å². The molecule has 0 aliphatic carbocycles. The van der Waals surface area contributed by atoms with Crippen molar-refractivity contribution < 1.29 is 19.1 Å². The van der Waals surface area contributed by atoms with E-state index in [0.717, 1.165) is 0 Å². The molecule has 0 unspecified atom stereocenters. The predicted molar refractivity (Wildman–Crippen MR) is 81.8 cm³/mol. The molecule has 2 rings (SSSR count). The molecule has 0 radical (unpaired) electrons. The summed E-state index contributed by atoms with van der Waals surface area (Å²) in [4.78, 5) is 24.1. The monoisotopic (exact) mass is 302 g/mol. The second-order valence-corrected chi connectivity index (χ2v) is 4.66. The first-order chi connectivity index (χ1) is 10.7. The molecule has 0 saturated carbocycles. The van der Waals surface area contributed by atoms with E-state index in [4.69, 9.17) is 9.52 Å². The van der Waals surface area contributed by atoms with E-state index in [0.29, 0.717) is 30.6 Å². The van der Waals surface area contributed by atoms with Crippen LogP contribution in [0.1, 0.15) is 33.8 Å². The average molecular weight is 302 g/mol. The fraction of sp³-hybridized carbons (Fsp3) is 0.250. The summed E-state index contributed by atoms with van der Waals surface area (Å²) in [7, 11) is 0. The minimum Gasteiger partial charge on any atom is -0.459 e. The van der Waals surface area contributed by atoms with Crippen LogP contribution in [0.25, 0.3) is 0 Å². The van der Waals surface area contributed by atoms with Crippen LogP contribution < -0.4 is 10.6 Å². The summed E-state index contributed by atoms with van der Waals surface area (Å²) in [5.74, 6) is -0.503. The lowest BCUT2D eigenvalue weighted by Gasteiger charge is -2.10. The van der Waals surface area contributed by atoms with Crippen molar-refractivity contribution in [2.45, 2.75) is 12.8 Å². The lowest BCUT2D eigenvalue weighted by molar-refractivity contribution is 0.0953. The van der Waals surface area contributed by atoms with Crippen LogP contribution in [-0.4, -0.2) is 30.1 Å². The maximum absolute atomic E-state index is 12.1. The second kappa shape index (κ2) is 7.99. The molecule has 0 atom stereocenters. The van der Waals surface area contributed by atoms with E-state index in [2.05, 4.69) is 10.6 Å². The van der Waals surface area contributed by atoms with Gasteiger partial charge in [0, 0.05) is 13.2 Å². The Balaban J connectivity index is 2.03. The van der Waals surface area contributed by atoms with Crippen molar-refractivity contribution in [3.05, 3.63) is 54.0 Å². The number of amides is 2. The molecule has 0 spiro atoms. The third-order valence-corrected chi connectivity index (χ3v) is 3.04. The Bertz CT molecular complexity index is 623. The molecule has 0 saturated heterocycles. The Morgan fingerprint density at radius 3 is 2.59 bits per heavy atom. The second-order valence-electron chi connectivity index (χ2n) is 4.66. The predicted octanol–water partition coefficient (Wildman–Crippen LogP) is 2.03. The van der Waals surface area contributed by atoms with Gasteiger partial charge in [0.25, 0.3) is 11.8 Å². The van der Waals surface area contributed by atoms with Gasteiger partial charge in [-0.1, -0.05) is 12.1 Å². The summed E-state index contributed by atoms with van der Waals surface area (Å²) in [6.07, 6.45) is 2.75. The van der Waals surface area contributed by atoms with Gasteiger partial charge in [0.05, 0.1) is 17.5 Å². The minimum atomic E-state index is -0.412. The number of aliphatic hydroxyl groups is 1. The van der Waals surface area contributed by atoms with E-state index in [1.807, 2.05) is 0 Å². The molecule has 0 fully saturated rings. The third kappa shape index (κ3) is 4.20. The molecule has 0 aliphatic heterocycles. The Hall–Kier alpha value is -2.60. The SMILES string of the molecule is O=C(Nc1ccccc1C(=O)NCCCCO)c1ccco1. The number of para-hydroxylation sites is 1. The smallest absolute Gasteiger partial charge is 0.291 e. The number of nitrogens with one attached hydrogen (secondary N) is 2. The van der Waals surface area contributed by atoms with Gasteiger partial charge in [-0.15, -0.1) is 0 Å². The molecule has 2 aromatic rings. The number of furan rings is 1. The Labute approximate surface area is 128 Å². The summed E-state index contributed by atoms with van der Waals surface area (Å²) < 4.78 is 5.02. The normalized spacial score (nSPS) is 10.2. The fourth-order valence-corrected chi connectivity index (χ4v) is 1.92. The van der Waals surface area contributed by atoms with Gasteiger partial charge < -0.3 is 20.2 Å². The summed E-state index contributed by atoms with van der Waals surface area (Å²) >= 11 is 0. The van der Waals surface area contributed by atoms with E-state index >= 15 is 0 Å². The number of carbonyl (C=O) groups excluding carboxylic acids is 2. The first-order valence-corrected chi connectivity index (χ1v) is 7.05. The first kappa shape index (κ1) is 15.8. The van der Waals surface area contributed by atoms with Gasteiger partial charge in [-0.05, 0) is 37.1 Å². The van der Waals surface area contributed by atoms with Crippen molar-refractivity contribution in [2.75, 3.05) is 18.5 Å². The number of rotatable bonds is 7. The van der Waals surface area contributed by atoms with Crippen LogP contribution >= 0.6 is 0 Å². The zero-order chi connectivity index (χ0) is 15.8.